The molecule has 2 unspecified atom stereocenters. The molecule has 2 rings (SSSR count). The van der Waals surface area contributed by atoms with Gasteiger partial charge in [-0.3, -0.25) is 0 Å². The van der Waals surface area contributed by atoms with Gasteiger partial charge in [0.25, 0.3) is 0 Å². The van der Waals surface area contributed by atoms with Gasteiger partial charge >= 0.3 is 0 Å². The third-order valence-corrected chi connectivity index (χ3v) is 3.29. The minimum Gasteiger partial charge on any atom is -0.314 e. The Kier molecular flexibility index (Phi) is 3.43. The molecule has 0 aliphatic rings. The number of nitrogens with one attached hydrogen (secondary N) is 1. The fraction of sp³-hybridized carbons (Fsp3) is 0.538. The summed E-state index contributed by atoms with van der Waals surface area (Å²) in [5, 5.41) is 7.76. The molecular weight excluding hydrogens is 212 g/mol. The highest BCUT2D eigenvalue weighted by molar-refractivity contribution is 5.42. The Bertz CT molecular complexity index is 503. The van der Waals surface area contributed by atoms with Crippen molar-refractivity contribution in [3.8, 4) is 0 Å². The van der Waals surface area contributed by atoms with Crippen molar-refractivity contribution in [3.63, 3.8) is 0 Å². The number of nitrogens with zero attached hydrogens (tertiary/aromatic N) is 3. The van der Waals surface area contributed by atoms with Crippen molar-refractivity contribution in [1.82, 2.24) is 19.9 Å². The molecule has 0 saturated carbocycles. The molecular formula is C13H20N4. The number of aryl methyl sites for hydroxylation is 1. The van der Waals surface area contributed by atoms with Crippen LogP contribution in [-0.4, -0.2) is 27.2 Å². The molecule has 0 amide bonds. The average molecular weight is 232 g/mol. The lowest BCUT2D eigenvalue weighted by Gasteiger charge is -2.21. The van der Waals surface area contributed by atoms with E-state index in [1.807, 2.05) is 4.52 Å². The molecule has 2 aromatic heterocycles. The van der Waals surface area contributed by atoms with Crippen LogP contribution in [0.15, 0.2) is 18.5 Å². The second-order valence-electron chi connectivity index (χ2n) is 4.62. The van der Waals surface area contributed by atoms with E-state index in [-0.39, 0.29) is 0 Å². The standard InChI is InChI=1S/C13H20N4/c1-5-14-11(4)10(3)12-6-9(2)7-13-15-8-16-17(12)13/h6-8,10-11,14H,5H2,1-4H3. The Hall–Kier alpha value is -1.42. The molecule has 2 aromatic rings. The van der Waals surface area contributed by atoms with E-state index >= 15 is 0 Å². The predicted octanol–water partition coefficient (Wildman–Crippen LogP) is 2.14. The van der Waals surface area contributed by atoms with Crippen molar-refractivity contribution in [1.29, 1.82) is 0 Å². The molecule has 0 aliphatic heterocycles. The maximum Gasteiger partial charge on any atom is 0.155 e. The fourth-order valence-corrected chi connectivity index (χ4v) is 2.17. The van der Waals surface area contributed by atoms with Crippen LogP contribution in [-0.2, 0) is 0 Å². The van der Waals surface area contributed by atoms with Gasteiger partial charge in [0.15, 0.2) is 5.65 Å². The van der Waals surface area contributed by atoms with Crippen LogP contribution in [0.3, 0.4) is 0 Å². The molecule has 0 bridgehead atoms. The van der Waals surface area contributed by atoms with Crippen molar-refractivity contribution >= 4 is 5.65 Å². The van der Waals surface area contributed by atoms with E-state index in [0.717, 1.165) is 12.2 Å². The third kappa shape index (κ3) is 2.31. The normalized spacial score (nSPS) is 15.1. The molecule has 4 nitrogen and oxygen atoms in total. The smallest absolute Gasteiger partial charge is 0.155 e. The van der Waals surface area contributed by atoms with Crippen LogP contribution in [0.4, 0.5) is 0 Å². The summed E-state index contributed by atoms with van der Waals surface area (Å²) in [5.74, 6) is 0.402. The molecule has 2 atom stereocenters. The number of fused-ring (bicyclic) bond motifs is 1. The largest absolute Gasteiger partial charge is 0.314 e. The van der Waals surface area contributed by atoms with Gasteiger partial charge in [-0.15, -0.1) is 0 Å². The van der Waals surface area contributed by atoms with Crippen LogP contribution < -0.4 is 5.32 Å². The van der Waals surface area contributed by atoms with Crippen LogP contribution in [0.5, 0.6) is 0 Å². The highest BCUT2D eigenvalue weighted by atomic mass is 15.3. The van der Waals surface area contributed by atoms with Gasteiger partial charge in [0.2, 0.25) is 0 Å². The summed E-state index contributed by atoms with van der Waals surface area (Å²) < 4.78 is 1.94. The zero-order valence-electron chi connectivity index (χ0n) is 10.9. The number of hydrogen-bond acceptors (Lipinski definition) is 3. The SMILES string of the molecule is CCNC(C)C(C)c1cc(C)cc2ncnn12. The Morgan fingerprint density at radius 2 is 2.12 bits per heavy atom. The van der Waals surface area contributed by atoms with E-state index in [4.69, 9.17) is 0 Å². The number of hydrogen-bond donors (Lipinski definition) is 1. The van der Waals surface area contributed by atoms with Crippen LogP contribution in [0.1, 0.15) is 37.9 Å². The molecule has 0 aromatic carbocycles. The number of likely N-dealkylation sites (N-methyl/N-ethyl adjacent to an activating group) is 1. The van der Waals surface area contributed by atoms with Gasteiger partial charge in [-0.05, 0) is 38.1 Å². The topological polar surface area (TPSA) is 42.2 Å². The highest BCUT2D eigenvalue weighted by Crippen LogP contribution is 2.21. The highest BCUT2D eigenvalue weighted by Gasteiger charge is 2.17. The molecule has 0 fully saturated rings. The zero-order valence-corrected chi connectivity index (χ0v) is 10.9. The van der Waals surface area contributed by atoms with E-state index in [9.17, 15) is 0 Å². The van der Waals surface area contributed by atoms with Crippen LogP contribution in [0.25, 0.3) is 5.65 Å². The molecule has 0 saturated heterocycles. The fourth-order valence-electron chi connectivity index (χ4n) is 2.17. The van der Waals surface area contributed by atoms with Crippen LogP contribution in [0.2, 0.25) is 0 Å². The van der Waals surface area contributed by atoms with Crippen LogP contribution in [0, 0.1) is 6.92 Å². The summed E-state index contributed by atoms with van der Waals surface area (Å²) >= 11 is 0. The van der Waals surface area contributed by atoms with E-state index in [2.05, 4.69) is 55.2 Å². The Balaban J connectivity index is 2.43. The summed E-state index contributed by atoms with van der Waals surface area (Å²) in [6.07, 6.45) is 1.61. The summed E-state index contributed by atoms with van der Waals surface area (Å²) in [7, 11) is 0. The summed E-state index contributed by atoms with van der Waals surface area (Å²) in [4.78, 5) is 4.26. The van der Waals surface area contributed by atoms with Gasteiger partial charge in [0.1, 0.15) is 6.33 Å². The quantitative estimate of drug-likeness (QED) is 0.878. The molecule has 92 valence electrons. The Labute approximate surface area is 102 Å². The minimum absolute atomic E-state index is 0.402. The molecule has 0 spiro atoms. The maximum absolute atomic E-state index is 4.30. The lowest BCUT2D eigenvalue weighted by Crippen LogP contribution is -2.31. The van der Waals surface area contributed by atoms with Crippen molar-refractivity contribution in [2.24, 2.45) is 0 Å². The Morgan fingerprint density at radius 3 is 2.82 bits per heavy atom. The summed E-state index contributed by atoms with van der Waals surface area (Å²) in [6, 6.07) is 4.68. The second-order valence-corrected chi connectivity index (χ2v) is 4.62. The zero-order chi connectivity index (χ0) is 12.4. The van der Waals surface area contributed by atoms with Gasteiger partial charge in [0.05, 0.1) is 0 Å². The molecule has 0 radical (unpaired) electrons. The summed E-state index contributed by atoms with van der Waals surface area (Å²) in [6.45, 7) is 9.65. The molecule has 2 heterocycles. The summed E-state index contributed by atoms with van der Waals surface area (Å²) in [5.41, 5.74) is 3.37. The Morgan fingerprint density at radius 1 is 1.35 bits per heavy atom. The van der Waals surface area contributed by atoms with Gasteiger partial charge in [0, 0.05) is 17.7 Å². The molecule has 4 heteroatoms. The van der Waals surface area contributed by atoms with E-state index < -0.39 is 0 Å². The average Bonchev–Trinajstić information content (AvgIpc) is 2.75. The number of pyridine rings is 1. The van der Waals surface area contributed by atoms with Crippen molar-refractivity contribution in [3.05, 3.63) is 29.7 Å². The maximum atomic E-state index is 4.30. The molecule has 1 N–H and O–H groups in total. The first-order chi connectivity index (χ1) is 8.13. The first-order valence-electron chi connectivity index (χ1n) is 6.17. The van der Waals surface area contributed by atoms with Crippen LogP contribution >= 0.6 is 0 Å². The van der Waals surface area contributed by atoms with Gasteiger partial charge < -0.3 is 5.32 Å². The lowest BCUT2D eigenvalue weighted by atomic mass is 9.98. The third-order valence-electron chi connectivity index (χ3n) is 3.29. The van der Waals surface area contributed by atoms with Crippen molar-refractivity contribution in [2.45, 2.75) is 39.7 Å². The first kappa shape index (κ1) is 12.0. The van der Waals surface area contributed by atoms with Gasteiger partial charge in [-0.2, -0.15) is 5.10 Å². The minimum atomic E-state index is 0.402. The molecule has 17 heavy (non-hydrogen) atoms. The van der Waals surface area contributed by atoms with E-state index in [0.29, 0.717) is 12.0 Å². The predicted molar refractivity (Wildman–Crippen MR) is 69.3 cm³/mol. The molecule has 0 aliphatic carbocycles. The lowest BCUT2D eigenvalue weighted by molar-refractivity contribution is 0.480. The van der Waals surface area contributed by atoms with E-state index in [1.54, 1.807) is 6.33 Å². The number of aromatic nitrogens is 3. The van der Waals surface area contributed by atoms with Crippen molar-refractivity contribution < 1.29 is 0 Å². The monoisotopic (exact) mass is 232 g/mol. The van der Waals surface area contributed by atoms with Crippen molar-refractivity contribution in [2.75, 3.05) is 6.54 Å². The van der Waals surface area contributed by atoms with Gasteiger partial charge in [-0.25, -0.2) is 9.50 Å². The second kappa shape index (κ2) is 4.84. The first-order valence-corrected chi connectivity index (χ1v) is 6.17. The van der Waals surface area contributed by atoms with Gasteiger partial charge in [-0.1, -0.05) is 13.8 Å². The number of rotatable bonds is 4. The van der Waals surface area contributed by atoms with E-state index in [1.165, 1.54) is 11.3 Å².